The smallest absolute Gasteiger partial charge is 0.228 e. The summed E-state index contributed by atoms with van der Waals surface area (Å²) in [6.45, 7) is 3.05. The molecule has 1 saturated heterocycles. The highest BCUT2D eigenvalue weighted by molar-refractivity contribution is 14.0. The Labute approximate surface area is 212 Å². The predicted octanol–water partition coefficient (Wildman–Crippen LogP) is 4.51. The Bertz CT molecular complexity index is 862. The Kier molecular flexibility index (Phi) is 10.1. The molecule has 176 valence electrons. The van der Waals surface area contributed by atoms with Gasteiger partial charge in [-0.05, 0) is 37.8 Å². The maximum absolute atomic E-state index is 6.04. The van der Waals surface area contributed by atoms with E-state index in [0.29, 0.717) is 35.7 Å². The molecule has 0 unspecified atom stereocenters. The number of likely N-dealkylation sites (tertiary alicyclic amines) is 1. The molecule has 2 aromatic rings. The van der Waals surface area contributed by atoms with Crippen molar-refractivity contribution >= 4 is 41.5 Å². The summed E-state index contributed by atoms with van der Waals surface area (Å²) in [5, 5.41) is 11.7. The van der Waals surface area contributed by atoms with Crippen LogP contribution >= 0.6 is 35.6 Å². The molecular formula is C23H34ClIN6O. The molecule has 2 heterocycles. The quantitative estimate of drug-likeness (QED) is 0.301. The molecule has 0 spiro atoms. The normalized spacial score (nSPS) is 18.9. The number of halogens is 2. The van der Waals surface area contributed by atoms with Crippen LogP contribution < -0.4 is 10.6 Å². The van der Waals surface area contributed by atoms with Crippen LogP contribution in [0.3, 0.4) is 0 Å². The van der Waals surface area contributed by atoms with E-state index in [2.05, 4.69) is 30.7 Å². The Morgan fingerprint density at radius 1 is 1.19 bits per heavy atom. The van der Waals surface area contributed by atoms with Crippen LogP contribution in [0.4, 0.5) is 0 Å². The largest absolute Gasteiger partial charge is 0.356 e. The number of nitrogens with zero attached hydrogens (tertiary/aromatic N) is 4. The van der Waals surface area contributed by atoms with Crippen LogP contribution in [-0.2, 0) is 6.42 Å². The number of benzene rings is 1. The van der Waals surface area contributed by atoms with E-state index in [0.717, 1.165) is 17.6 Å². The molecule has 1 saturated carbocycles. The molecule has 2 aliphatic rings. The van der Waals surface area contributed by atoms with Crippen molar-refractivity contribution in [2.75, 3.05) is 26.7 Å². The molecular weight excluding hydrogens is 539 g/mol. The van der Waals surface area contributed by atoms with Gasteiger partial charge in [0, 0.05) is 55.8 Å². The van der Waals surface area contributed by atoms with Gasteiger partial charge in [0.05, 0.1) is 0 Å². The first kappa shape index (κ1) is 25.2. The lowest BCUT2D eigenvalue weighted by Gasteiger charge is -2.39. The van der Waals surface area contributed by atoms with Gasteiger partial charge in [0.1, 0.15) is 0 Å². The number of aliphatic imine (C=N–C) groups is 1. The van der Waals surface area contributed by atoms with E-state index in [9.17, 15) is 0 Å². The maximum atomic E-state index is 6.04. The summed E-state index contributed by atoms with van der Waals surface area (Å²) in [6.07, 6.45) is 9.97. The van der Waals surface area contributed by atoms with Crippen LogP contribution in [0.15, 0.2) is 33.8 Å². The lowest BCUT2D eigenvalue weighted by atomic mass is 9.92. The van der Waals surface area contributed by atoms with Gasteiger partial charge in [-0.3, -0.25) is 4.99 Å². The third-order valence-corrected chi connectivity index (χ3v) is 6.60. The molecule has 0 atom stereocenters. The van der Waals surface area contributed by atoms with Crippen molar-refractivity contribution in [3.63, 3.8) is 0 Å². The first-order valence-electron chi connectivity index (χ1n) is 11.5. The Morgan fingerprint density at radius 2 is 1.97 bits per heavy atom. The van der Waals surface area contributed by atoms with Crippen molar-refractivity contribution in [2.24, 2.45) is 4.99 Å². The van der Waals surface area contributed by atoms with Gasteiger partial charge in [-0.2, -0.15) is 4.98 Å². The van der Waals surface area contributed by atoms with Crippen LogP contribution in [0.25, 0.3) is 11.4 Å². The number of rotatable bonds is 6. The summed E-state index contributed by atoms with van der Waals surface area (Å²) >= 11 is 6.04. The van der Waals surface area contributed by atoms with Gasteiger partial charge in [0.25, 0.3) is 0 Å². The van der Waals surface area contributed by atoms with E-state index in [4.69, 9.17) is 16.1 Å². The summed E-state index contributed by atoms with van der Waals surface area (Å²) in [5.74, 6) is 1.99. The minimum absolute atomic E-state index is 0. The first-order valence-corrected chi connectivity index (χ1v) is 11.9. The van der Waals surface area contributed by atoms with E-state index in [1.807, 2.05) is 31.3 Å². The van der Waals surface area contributed by atoms with E-state index in [1.54, 1.807) is 0 Å². The van der Waals surface area contributed by atoms with E-state index in [1.165, 1.54) is 58.0 Å². The van der Waals surface area contributed by atoms with Gasteiger partial charge in [-0.25, -0.2) is 0 Å². The van der Waals surface area contributed by atoms with Crippen molar-refractivity contribution in [3.05, 3.63) is 35.2 Å². The first-order chi connectivity index (χ1) is 15.2. The Balaban J connectivity index is 0.00000289. The minimum atomic E-state index is 0. The van der Waals surface area contributed by atoms with Gasteiger partial charge in [-0.15, -0.1) is 24.0 Å². The van der Waals surface area contributed by atoms with Crippen molar-refractivity contribution in [3.8, 4) is 11.4 Å². The fourth-order valence-corrected chi connectivity index (χ4v) is 4.82. The molecule has 0 bridgehead atoms. The summed E-state index contributed by atoms with van der Waals surface area (Å²) in [4.78, 5) is 11.6. The highest BCUT2D eigenvalue weighted by Gasteiger charge is 2.26. The maximum Gasteiger partial charge on any atom is 0.228 e. The van der Waals surface area contributed by atoms with Gasteiger partial charge >= 0.3 is 0 Å². The zero-order valence-corrected chi connectivity index (χ0v) is 21.8. The van der Waals surface area contributed by atoms with Crippen LogP contribution in [-0.4, -0.2) is 59.8 Å². The van der Waals surface area contributed by atoms with E-state index < -0.39 is 0 Å². The van der Waals surface area contributed by atoms with Crippen molar-refractivity contribution < 1.29 is 4.52 Å². The van der Waals surface area contributed by atoms with Crippen LogP contribution in [0.5, 0.6) is 0 Å². The monoisotopic (exact) mass is 572 g/mol. The van der Waals surface area contributed by atoms with Crippen molar-refractivity contribution in [1.29, 1.82) is 0 Å². The van der Waals surface area contributed by atoms with Crippen molar-refractivity contribution in [2.45, 2.75) is 63.5 Å². The molecule has 0 amide bonds. The Morgan fingerprint density at radius 3 is 2.69 bits per heavy atom. The van der Waals surface area contributed by atoms with E-state index >= 15 is 0 Å². The molecule has 1 aliphatic carbocycles. The molecule has 0 radical (unpaired) electrons. The fraction of sp³-hybridized carbons (Fsp3) is 0.609. The standard InChI is InChI=1S/C23H33ClN6O.HI/c1-25-23(27-19-11-14-30(15-12-19)20-8-3-2-4-9-20)26-13-10-21-28-22(29-31-21)17-6-5-7-18(24)16-17;/h5-7,16,19-20H,2-4,8-15H2,1H3,(H2,25,26,27);1H. The average Bonchev–Trinajstić information content (AvgIpc) is 3.28. The summed E-state index contributed by atoms with van der Waals surface area (Å²) in [7, 11) is 1.82. The third-order valence-electron chi connectivity index (χ3n) is 6.37. The van der Waals surface area contributed by atoms with Crippen LogP contribution in [0.2, 0.25) is 5.02 Å². The molecule has 1 aliphatic heterocycles. The average molecular weight is 573 g/mol. The predicted molar refractivity (Wildman–Crippen MR) is 140 cm³/mol. The molecule has 2 fully saturated rings. The van der Waals surface area contributed by atoms with E-state index in [-0.39, 0.29) is 24.0 Å². The number of piperidine rings is 1. The topological polar surface area (TPSA) is 78.6 Å². The number of nitrogens with one attached hydrogen (secondary N) is 2. The van der Waals surface area contributed by atoms with Gasteiger partial charge in [-0.1, -0.05) is 48.2 Å². The zero-order chi connectivity index (χ0) is 21.5. The minimum Gasteiger partial charge on any atom is -0.356 e. The summed E-state index contributed by atoms with van der Waals surface area (Å²) < 4.78 is 5.38. The molecule has 1 aromatic carbocycles. The second kappa shape index (κ2) is 12.7. The number of hydrogen-bond donors (Lipinski definition) is 2. The Hall–Kier alpha value is -1.39. The lowest BCUT2D eigenvalue weighted by molar-refractivity contribution is 0.119. The molecule has 1 aromatic heterocycles. The highest BCUT2D eigenvalue weighted by Crippen LogP contribution is 2.25. The summed E-state index contributed by atoms with van der Waals surface area (Å²) in [5.41, 5.74) is 0.854. The van der Waals surface area contributed by atoms with Gasteiger partial charge in [0.2, 0.25) is 11.7 Å². The molecule has 4 rings (SSSR count). The van der Waals surface area contributed by atoms with Crippen molar-refractivity contribution in [1.82, 2.24) is 25.7 Å². The number of guanidine groups is 1. The number of hydrogen-bond acceptors (Lipinski definition) is 5. The molecule has 7 nitrogen and oxygen atoms in total. The van der Waals surface area contributed by atoms with Crippen LogP contribution in [0, 0.1) is 0 Å². The van der Waals surface area contributed by atoms with Crippen LogP contribution in [0.1, 0.15) is 50.8 Å². The van der Waals surface area contributed by atoms with Gasteiger partial charge < -0.3 is 20.1 Å². The number of aromatic nitrogens is 2. The highest BCUT2D eigenvalue weighted by atomic mass is 127. The SMILES string of the molecule is CN=C(NCCc1nc(-c2cccc(Cl)c2)no1)NC1CCN(C2CCCCC2)CC1.I. The molecule has 2 N–H and O–H groups in total. The second-order valence-corrected chi connectivity index (χ2v) is 8.95. The third kappa shape index (κ3) is 7.05. The second-order valence-electron chi connectivity index (χ2n) is 8.52. The molecule has 32 heavy (non-hydrogen) atoms. The molecule has 9 heteroatoms. The zero-order valence-electron chi connectivity index (χ0n) is 18.7. The lowest BCUT2D eigenvalue weighted by Crippen LogP contribution is -2.51. The fourth-order valence-electron chi connectivity index (χ4n) is 4.63. The summed E-state index contributed by atoms with van der Waals surface area (Å²) in [6, 6.07) is 8.75. The van der Waals surface area contributed by atoms with Gasteiger partial charge in [0.15, 0.2) is 5.96 Å².